The molecule has 1 rings (SSSR count). The molecule has 0 amide bonds. The number of aliphatic carboxylic acids is 1. The zero-order chi connectivity index (χ0) is 16.9. The van der Waals surface area contributed by atoms with Gasteiger partial charge in [-0.25, -0.2) is 0 Å². The summed E-state index contributed by atoms with van der Waals surface area (Å²) >= 11 is 0. The molecule has 22 heavy (non-hydrogen) atoms. The third-order valence-corrected chi connectivity index (χ3v) is 4.16. The van der Waals surface area contributed by atoms with E-state index in [0.29, 0.717) is 0 Å². The number of benzene rings is 1. The minimum absolute atomic E-state index is 0.0757. The molecule has 0 saturated carbocycles. The minimum Gasteiger partial charge on any atom is -0.481 e. The molecule has 0 saturated heterocycles. The Labute approximate surface area is 128 Å². The van der Waals surface area contributed by atoms with Gasteiger partial charge in [-0.2, -0.15) is 8.42 Å². The second-order valence-electron chi connectivity index (χ2n) is 5.15. The number of non-ortho nitro benzene ring substituents is 1. The van der Waals surface area contributed by atoms with Gasteiger partial charge in [0, 0.05) is 12.1 Å². The van der Waals surface area contributed by atoms with E-state index in [1.54, 1.807) is 0 Å². The Morgan fingerprint density at radius 1 is 1.32 bits per heavy atom. The summed E-state index contributed by atoms with van der Waals surface area (Å²) in [7, 11) is -4.15. The fraction of sp³-hybridized carbons (Fsp3) is 0.462. The molecule has 0 bridgehead atoms. The van der Waals surface area contributed by atoms with E-state index in [4.69, 9.17) is 9.29 Å². The summed E-state index contributed by atoms with van der Waals surface area (Å²) < 4.78 is 28.6. The monoisotopic (exact) mass is 331 g/mol. The smallest absolute Gasteiger partial charge is 0.308 e. The highest BCUT2D eigenvalue weighted by Gasteiger charge is 2.24. The van der Waals surface area contributed by atoms with Crippen LogP contribution in [0.1, 0.15) is 20.3 Å². The standard InChI is InChI=1S/C13H17NO7S/c1-9(2)7-10(13(15)16)8-21-22(19,20)12-5-3-11(4-6-12)14(17)18/h3-6,9-10H,7-8H2,1-2H3,(H,15,16)/t10-/m1/s1. The van der Waals surface area contributed by atoms with Crippen LogP contribution in [0.25, 0.3) is 0 Å². The fourth-order valence-corrected chi connectivity index (χ4v) is 2.73. The molecule has 0 aliphatic rings. The number of nitro groups is 1. The molecule has 1 N–H and O–H groups in total. The molecule has 0 aliphatic carbocycles. The molecular formula is C13H17NO7S. The first-order valence-corrected chi connectivity index (χ1v) is 7.91. The van der Waals surface area contributed by atoms with Crippen LogP contribution in [0.2, 0.25) is 0 Å². The first-order chi connectivity index (χ1) is 10.1. The summed E-state index contributed by atoms with van der Waals surface area (Å²) in [4.78, 5) is 20.7. The SMILES string of the molecule is CC(C)C[C@H](COS(=O)(=O)c1ccc([N+](=O)[O-])cc1)C(=O)O. The lowest BCUT2D eigenvalue weighted by atomic mass is 9.98. The van der Waals surface area contributed by atoms with Crippen LogP contribution in [0.5, 0.6) is 0 Å². The molecule has 0 aliphatic heterocycles. The molecule has 0 heterocycles. The van der Waals surface area contributed by atoms with Gasteiger partial charge < -0.3 is 5.11 Å². The van der Waals surface area contributed by atoms with E-state index >= 15 is 0 Å². The van der Waals surface area contributed by atoms with E-state index in [9.17, 15) is 23.3 Å². The summed E-state index contributed by atoms with van der Waals surface area (Å²) in [5, 5.41) is 19.6. The van der Waals surface area contributed by atoms with Gasteiger partial charge >= 0.3 is 5.97 Å². The van der Waals surface area contributed by atoms with E-state index in [1.165, 1.54) is 0 Å². The van der Waals surface area contributed by atoms with Gasteiger partial charge in [-0.3, -0.25) is 19.1 Å². The fourth-order valence-electron chi connectivity index (χ4n) is 1.78. The molecule has 0 radical (unpaired) electrons. The third kappa shape index (κ3) is 5.08. The number of rotatable bonds is 8. The average molecular weight is 331 g/mol. The number of carbonyl (C=O) groups is 1. The predicted octanol–water partition coefficient (Wildman–Crippen LogP) is 2.05. The number of hydrogen-bond donors (Lipinski definition) is 1. The van der Waals surface area contributed by atoms with Gasteiger partial charge in [-0.1, -0.05) is 13.8 Å². The molecule has 122 valence electrons. The summed E-state index contributed by atoms with van der Waals surface area (Å²) in [6, 6.07) is 4.18. The van der Waals surface area contributed by atoms with Crippen molar-refractivity contribution in [2.24, 2.45) is 11.8 Å². The third-order valence-electron chi connectivity index (χ3n) is 2.87. The van der Waals surface area contributed by atoms with Crippen molar-refractivity contribution in [3.8, 4) is 0 Å². The quantitative estimate of drug-likeness (QED) is 0.439. The van der Waals surface area contributed by atoms with E-state index in [-0.39, 0.29) is 22.9 Å². The first-order valence-electron chi connectivity index (χ1n) is 6.50. The predicted molar refractivity (Wildman–Crippen MR) is 76.8 cm³/mol. The van der Waals surface area contributed by atoms with E-state index in [0.717, 1.165) is 24.3 Å². The van der Waals surface area contributed by atoms with Crippen molar-refractivity contribution in [3.05, 3.63) is 34.4 Å². The van der Waals surface area contributed by atoms with E-state index < -0.39 is 33.5 Å². The number of hydrogen-bond acceptors (Lipinski definition) is 6. The molecule has 0 aromatic heterocycles. The highest BCUT2D eigenvalue weighted by Crippen LogP contribution is 2.20. The lowest BCUT2D eigenvalue weighted by molar-refractivity contribution is -0.384. The molecule has 0 fully saturated rings. The summed E-state index contributed by atoms with van der Waals surface area (Å²) in [6.45, 7) is 3.16. The molecule has 9 heteroatoms. The number of carboxylic acid groups (broad SMARTS) is 1. The highest BCUT2D eigenvalue weighted by molar-refractivity contribution is 7.86. The van der Waals surface area contributed by atoms with Crippen LogP contribution in [0, 0.1) is 22.0 Å². The minimum atomic E-state index is -4.15. The van der Waals surface area contributed by atoms with Crippen LogP contribution in [-0.2, 0) is 19.1 Å². The maximum atomic E-state index is 11.9. The number of carboxylic acids is 1. The van der Waals surface area contributed by atoms with Gasteiger partial charge in [0.1, 0.15) is 0 Å². The van der Waals surface area contributed by atoms with Gasteiger partial charge in [0.15, 0.2) is 0 Å². The van der Waals surface area contributed by atoms with Crippen LogP contribution < -0.4 is 0 Å². The Kier molecular flexibility index (Phi) is 6.01. The summed E-state index contributed by atoms with van der Waals surface area (Å²) in [5.41, 5.74) is -0.248. The topological polar surface area (TPSA) is 124 Å². The molecule has 0 unspecified atom stereocenters. The lowest BCUT2D eigenvalue weighted by Crippen LogP contribution is -2.23. The van der Waals surface area contributed by atoms with Gasteiger partial charge in [0.2, 0.25) is 0 Å². The maximum Gasteiger partial charge on any atom is 0.308 e. The molecule has 1 atom stereocenters. The second kappa shape index (κ2) is 7.32. The van der Waals surface area contributed by atoms with Crippen molar-refractivity contribution in [1.82, 2.24) is 0 Å². The molecule has 1 aromatic carbocycles. The van der Waals surface area contributed by atoms with Gasteiger partial charge in [0.25, 0.3) is 15.8 Å². The van der Waals surface area contributed by atoms with Crippen LogP contribution in [-0.4, -0.2) is 31.0 Å². The van der Waals surface area contributed by atoms with Crippen LogP contribution in [0.15, 0.2) is 29.2 Å². The highest BCUT2D eigenvalue weighted by atomic mass is 32.2. The Morgan fingerprint density at radius 2 is 1.86 bits per heavy atom. The molecule has 8 nitrogen and oxygen atoms in total. The Hall–Kier alpha value is -2.00. The number of nitrogens with zero attached hydrogens (tertiary/aromatic N) is 1. The maximum absolute atomic E-state index is 11.9. The molecule has 1 aromatic rings. The van der Waals surface area contributed by atoms with Crippen molar-refractivity contribution in [3.63, 3.8) is 0 Å². The zero-order valence-corrected chi connectivity index (χ0v) is 12.9. The van der Waals surface area contributed by atoms with Crippen LogP contribution >= 0.6 is 0 Å². The van der Waals surface area contributed by atoms with Crippen molar-refractivity contribution in [2.45, 2.75) is 25.2 Å². The van der Waals surface area contributed by atoms with Crippen molar-refractivity contribution in [1.29, 1.82) is 0 Å². The van der Waals surface area contributed by atoms with E-state index in [1.807, 2.05) is 13.8 Å². The molecular weight excluding hydrogens is 314 g/mol. The Bertz CT molecular complexity index is 637. The first kappa shape index (κ1) is 18.1. The Balaban J connectivity index is 2.82. The Morgan fingerprint density at radius 3 is 2.27 bits per heavy atom. The average Bonchev–Trinajstić information content (AvgIpc) is 2.43. The largest absolute Gasteiger partial charge is 0.481 e. The second-order valence-corrected chi connectivity index (χ2v) is 6.77. The van der Waals surface area contributed by atoms with E-state index in [2.05, 4.69) is 0 Å². The summed E-state index contributed by atoms with van der Waals surface area (Å²) in [6.07, 6.45) is 0.283. The van der Waals surface area contributed by atoms with Crippen molar-refractivity contribution < 1.29 is 27.4 Å². The normalized spacial score (nSPS) is 13.0. The van der Waals surface area contributed by atoms with Crippen LogP contribution in [0.4, 0.5) is 5.69 Å². The van der Waals surface area contributed by atoms with Crippen LogP contribution in [0.3, 0.4) is 0 Å². The van der Waals surface area contributed by atoms with Crippen molar-refractivity contribution in [2.75, 3.05) is 6.61 Å². The number of nitro benzene ring substituents is 1. The van der Waals surface area contributed by atoms with Gasteiger partial charge in [0.05, 0.1) is 22.3 Å². The summed E-state index contributed by atoms with van der Waals surface area (Å²) in [5.74, 6) is -1.99. The van der Waals surface area contributed by atoms with Crippen molar-refractivity contribution >= 4 is 21.8 Å². The zero-order valence-electron chi connectivity index (χ0n) is 12.1. The van der Waals surface area contributed by atoms with Gasteiger partial charge in [-0.15, -0.1) is 0 Å². The van der Waals surface area contributed by atoms with Gasteiger partial charge in [-0.05, 0) is 24.5 Å². The molecule has 0 spiro atoms. The lowest BCUT2D eigenvalue weighted by Gasteiger charge is -2.14.